The summed E-state index contributed by atoms with van der Waals surface area (Å²) in [5.74, 6) is 1.94. The molecule has 3 aromatic rings. The molecule has 1 aliphatic heterocycles. The van der Waals surface area contributed by atoms with E-state index >= 15 is 0 Å². The molecule has 0 saturated heterocycles. The molecule has 1 aliphatic rings. The second kappa shape index (κ2) is 7.67. The summed E-state index contributed by atoms with van der Waals surface area (Å²) in [6.45, 7) is 5.35. The third-order valence-electron chi connectivity index (χ3n) is 4.65. The summed E-state index contributed by atoms with van der Waals surface area (Å²) < 4.78 is 12.8. The highest BCUT2D eigenvalue weighted by Gasteiger charge is 2.16. The van der Waals surface area contributed by atoms with E-state index in [1.54, 1.807) is 4.52 Å². The zero-order valence-corrected chi connectivity index (χ0v) is 16.8. The lowest BCUT2D eigenvalue weighted by atomic mass is 10.1. The molecule has 0 radical (unpaired) electrons. The second-order valence-electron chi connectivity index (χ2n) is 6.50. The van der Waals surface area contributed by atoms with Gasteiger partial charge in [-0.1, -0.05) is 17.8 Å². The van der Waals surface area contributed by atoms with Crippen molar-refractivity contribution in [3.8, 4) is 11.5 Å². The first-order valence-corrected chi connectivity index (χ1v) is 10.2. The van der Waals surface area contributed by atoms with Gasteiger partial charge >= 0.3 is 0 Å². The van der Waals surface area contributed by atoms with Crippen molar-refractivity contribution in [2.24, 2.45) is 0 Å². The Kier molecular flexibility index (Phi) is 5.08. The van der Waals surface area contributed by atoms with Gasteiger partial charge in [0.25, 0.3) is 5.78 Å². The third kappa shape index (κ3) is 3.62. The number of carbonyl (C=O) groups excluding carboxylic acids is 1. The maximum Gasteiger partial charge on any atom is 0.253 e. The van der Waals surface area contributed by atoms with Crippen LogP contribution in [0.3, 0.4) is 0 Å². The van der Waals surface area contributed by atoms with Crippen LogP contribution in [0.5, 0.6) is 11.5 Å². The highest BCUT2D eigenvalue weighted by molar-refractivity contribution is 7.98. The summed E-state index contributed by atoms with van der Waals surface area (Å²) in [4.78, 5) is 21.4. The first-order chi connectivity index (χ1) is 13.5. The first-order valence-electron chi connectivity index (χ1n) is 8.97. The van der Waals surface area contributed by atoms with E-state index in [0.717, 1.165) is 34.0 Å². The molecule has 0 saturated carbocycles. The average Bonchev–Trinajstić information content (AvgIpc) is 3.12. The first kappa shape index (κ1) is 18.5. The van der Waals surface area contributed by atoms with E-state index in [-0.39, 0.29) is 12.3 Å². The van der Waals surface area contributed by atoms with Crippen molar-refractivity contribution in [3.05, 3.63) is 40.7 Å². The molecule has 1 N–H and O–H groups in total. The van der Waals surface area contributed by atoms with Gasteiger partial charge < -0.3 is 14.8 Å². The molecule has 146 valence electrons. The normalized spacial score (nSPS) is 13.0. The van der Waals surface area contributed by atoms with Gasteiger partial charge in [0.1, 0.15) is 13.2 Å². The molecule has 0 bridgehead atoms. The lowest BCUT2D eigenvalue weighted by Crippen LogP contribution is -2.26. The number of thioether (sulfide) groups is 1. The molecule has 4 rings (SSSR count). The number of rotatable bonds is 5. The minimum Gasteiger partial charge on any atom is -0.486 e. The van der Waals surface area contributed by atoms with E-state index in [1.165, 1.54) is 11.8 Å². The van der Waals surface area contributed by atoms with Crippen LogP contribution in [-0.2, 0) is 17.8 Å². The zero-order chi connectivity index (χ0) is 19.7. The van der Waals surface area contributed by atoms with E-state index in [0.29, 0.717) is 30.7 Å². The van der Waals surface area contributed by atoms with Crippen molar-refractivity contribution in [1.29, 1.82) is 0 Å². The fraction of sp³-hybridized carbons (Fsp3) is 0.368. The molecular formula is C19H21N5O3S. The van der Waals surface area contributed by atoms with Gasteiger partial charge in [-0.25, -0.2) is 9.50 Å². The number of hydrogen-bond acceptors (Lipinski definition) is 7. The van der Waals surface area contributed by atoms with Crippen LogP contribution in [-0.4, -0.2) is 45.0 Å². The number of aryl methyl sites for hydroxylation is 2. The van der Waals surface area contributed by atoms with Gasteiger partial charge in [0.05, 0.1) is 6.42 Å². The number of ether oxygens (including phenoxy) is 2. The summed E-state index contributed by atoms with van der Waals surface area (Å²) in [6, 6.07) is 5.70. The number of nitrogens with one attached hydrogen (secondary N) is 1. The standard InChI is InChI=1S/C19H21N5O3S/c1-11-14(12(2)24-18(21-11)22-19(23-24)28-3)9-17(25)20-10-13-4-5-15-16(8-13)27-7-6-26-15/h4-5,8H,6-7,9-10H2,1-3H3,(H,20,25). The summed E-state index contributed by atoms with van der Waals surface area (Å²) in [5.41, 5.74) is 3.49. The Bertz CT molecular complexity index is 1050. The maximum absolute atomic E-state index is 12.5. The lowest BCUT2D eigenvalue weighted by Gasteiger charge is -2.19. The Hall–Kier alpha value is -2.81. The zero-order valence-electron chi connectivity index (χ0n) is 16.0. The number of amides is 1. The minimum absolute atomic E-state index is 0.0764. The molecule has 0 unspecified atom stereocenters. The van der Waals surface area contributed by atoms with Crippen molar-refractivity contribution in [1.82, 2.24) is 24.9 Å². The van der Waals surface area contributed by atoms with Crippen LogP contribution in [0.4, 0.5) is 0 Å². The van der Waals surface area contributed by atoms with Crippen LogP contribution >= 0.6 is 11.8 Å². The van der Waals surface area contributed by atoms with E-state index < -0.39 is 0 Å². The number of hydrogen-bond donors (Lipinski definition) is 1. The molecule has 1 amide bonds. The van der Waals surface area contributed by atoms with Gasteiger partial charge in [-0.2, -0.15) is 4.98 Å². The SMILES string of the molecule is CSc1nc2nc(C)c(CC(=O)NCc3ccc4c(c3)OCCO4)c(C)n2n1. The van der Waals surface area contributed by atoms with E-state index in [9.17, 15) is 4.79 Å². The van der Waals surface area contributed by atoms with Crippen LogP contribution in [0.2, 0.25) is 0 Å². The molecule has 8 nitrogen and oxygen atoms in total. The Morgan fingerprint density at radius 3 is 2.79 bits per heavy atom. The van der Waals surface area contributed by atoms with Gasteiger partial charge in [0.2, 0.25) is 11.1 Å². The van der Waals surface area contributed by atoms with Crippen LogP contribution in [0.1, 0.15) is 22.5 Å². The van der Waals surface area contributed by atoms with Crippen molar-refractivity contribution in [2.75, 3.05) is 19.5 Å². The molecule has 0 atom stereocenters. The Morgan fingerprint density at radius 2 is 2.00 bits per heavy atom. The molecule has 28 heavy (non-hydrogen) atoms. The second-order valence-corrected chi connectivity index (χ2v) is 7.28. The number of benzene rings is 1. The predicted octanol–water partition coefficient (Wildman–Crippen LogP) is 2.09. The van der Waals surface area contributed by atoms with Crippen LogP contribution in [0, 0.1) is 13.8 Å². The third-order valence-corrected chi connectivity index (χ3v) is 5.18. The molecular weight excluding hydrogens is 378 g/mol. The van der Waals surface area contributed by atoms with Crippen LogP contribution in [0.25, 0.3) is 5.78 Å². The topological polar surface area (TPSA) is 90.6 Å². The van der Waals surface area contributed by atoms with Crippen molar-refractivity contribution in [3.63, 3.8) is 0 Å². The minimum atomic E-state index is -0.0764. The Balaban J connectivity index is 1.46. The number of fused-ring (bicyclic) bond motifs is 2. The molecule has 1 aromatic carbocycles. The van der Waals surface area contributed by atoms with E-state index in [1.807, 2.05) is 38.3 Å². The van der Waals surface area contributed by atoms with Crippen molar-refractivity contribution >= 4 is 23.4 Å². The van der Waals surface area contributed by atoms with E-state index in [4.69, 9.17) is 9.47 Å². The average molecular weight is 399 g/mol. The molecule has 0 aliphatic carbocycles. The molecule has 9 heteroatoms. The number of nitrogens with zero attached hydrogens (tertiary/aromatic N) is 4. The van der Waals surface area contributed by atoms with Crippen molar-refractivity contribution in [2.45, 2.75) is 32.0 Å². The van der Waals surface area contributed by atoms with Crippen molar-refractivity contribution < 1.29 is 14.3 Å². The van der Waals surface area contributed by atoms with Gasteiger partial charge in [-0.05, 0) is 37.8 Å². The monoisotopic (exact) mass is 399 g/mol. The summed E-state index contributed by atoms with van der Waals surface area (Å²) in [7, 11) is 0. The van der Waals surface area contributed by atoms with Crippen LogP contribution in [0.15, 0.2) is 23.4 Å². The lowest BCUT2D eigenvalue weighted by molar-refractivity contribution is -0.120. The number of carbonyl (C=O) groups is 1. The number of aromatic nitrogens is 4. The largest absolute Gasteiger partial charge is 0.486 e. The van der Waals surface area contributed by atoms with E-state index in [2.05, 4.69) is 20.4 Å². The van der Waals surface area contributed by atoms with Gasteiger partial charge in [0, 0.05) is 23.5 Å². The van der Waals surface area contributed by atoms with Gasteiger partial charge in [-0.15, -0.1) is 5.10 Å². The predicted molar refractivity (Wildman–Crippen MR) is 105 cm³/mol. The maximum atomic E-state index is 12.5. The highest BCUT2D eigenvalue weighted by Crippen LogP contribution is 2.30. The van der Waals surface area contributed by atoms with Gasteiger partial charge in [-0.3, -0.25) is 4.79 Å². The molecule has 0 spiro atoms. The molecule has 0 fully saturated rings. The Labute approximate surface area is 166 Å². The summed E-state index contributed by atoms with van der Waals surface area (Å²) >= 11 is 1.46. The highest BCUT2D eigenvalue weighted by atomic mass is 32.2. The molecule has 3 heterocycles. The van der Waals surface area contributed by atoms with Crippen LogP contribution < -0.4 is 14.8 Å². The fourth-order valence-electron chi connectivity index (χ4n) is 3.15. The quantitative estimate of drug-likeness (QED) is 0.657. The fourth-order valence-corrected chi connectivity index (χ4v) is 3.49. The molecule has 2 aromatic heterocycles. The van der Waals surface area contributed by atoms with Gasteiger partial charge in [0.15, 0.2) is 11.5 Å². The smallest absolute Gasteiger partial charge is 0.253 e. The summed E-state index contributed by atoms with van der Waals surface area (Å²) in [5, 5.41) is 8.05. The Morgan fingerprint density at radius 1 is 1.21 bits per heavy atom. The summed E-state index contributed by atoms with van der Waals surface area (Å²) in [6.07, 6.45) is 2.16.